The Bertz CT molecular complexity index is 453. The van der Waals surface area contributed by atoms with E-state index < -0.39 is 11.2 Å². The molecule has 1 heterocycles. The first-order chi connectivity index (χ1) is 6.03. The van der Waals surface area contributed by atoms with Crippen LogP contribution in [-0.2, 0) is 5.54 Å². The number of aromatic hydroxyl groups is 1. The molecular weight excluding hydrogens is 172 g/mol. The van der Waals surface area contributed by atoms with Gasteiger partial charge in [-0.05, 0) is 19.8 Å². The summed E-state index contributed by atoms with van der Waals surface area (Å²) >= 11 is 0. The Hall–Kier alpha value is -1.52. The SMILES string of the molecule is CC1(n2c(O)cc(=O)[nH]c2=O)CC1. The van der Waals surface area contributed by atoms with Gasteiger partial charge >= 0.3 is 5.69 Å². The lowest BCUT2D eigenvalue weighted by Gasteiger charge is -2.13. The second kappa shape index (κ2) is 2.25. The molecule has 0 saturated heterocycles. The molecule has 2 N–H and O–H groups in total. The summed E-state index contributed by atoms with van der Waals surface area (Å²) in [5.41, 5.74) is -1.40. The first-order valence-corrected chi connectivity index (χ1v) is 4.09. The first kappa shape index (κ1) is 8.10. The average molecular weight is 182 g/mol. The molecule has 1 saturated carbocycles. The van der Waals surface area contributed by atoms with E-state index in [-0.39, 0.29) is 11.4 Å². The molecule has 1 aliphatic carbocycles. The smallest absolute Gasteiger partial charge is 0.331 e. The van der Waals surface area contributed by atoms with Crippen LogP contribution in [0.15, 0.2) is 15.7 Å². The molecule has 0 spiro atoms. The average Bonchev–Trinajstić information content (AvgIpc) is 2.65. The highest BCUT2D eigenvalue weighted by Gasteiger charge is 2.41. The van der Waals surface area contributed by atoms with Crippen molar-refractivity contribution in [1.82, 2.24) is 9.55 Å². The number of hydrogen-bond acceptors (Lipinski definition) is 3. The quantitative estimate of drug-likeness (QED) is 0.629. The minimum Gasteiger partial charge on any atom is -0.494 e. The van der Waals surface area contributed by atoms with Crippen LogP contribution in [-0.4, -0.2) is 14.7 Å². The van der Waals surface area contributed by atoms with Gasteiger partial charge in [-0.1, -0.05) is 0 Å². The number of hydrogen-bond donors (Lipinski definition) is 2. The molecule has 5 nitrogen and oxygen atoms in total. The van der Waals surface area contributed by atoms with Crippen molar-refractivity contribution in [3.05, 3.63) is 26.9 Å². The molecule has 0 aromatic carbocycles. The number of H-pyrrole nitrogens is 1. The molecular formula is C8H10N2O3. The second-order valence-corrected chi connectivity index (χ2v) is 3.63. The van der Waals surface area contributed by atoms with Gasteiger partial charge in [-0.2, -0.15) is 0 Å². The van der Waals surface area contributed by atoms with Gasteiger partial charge in [0.1, 0.15) is 0 Å². The molecule has 1 aromatic heterocycles. The van der Waals surface area contributed by atoms with Gasteiger partial charge in [0.25, 0.3) is 5.56 Å². The normalized spacial score (nSPS) is 18.5. The molecule has 2 rings (SSSR count). The number of nitrogens with one attached hydrogen (secondary N) is 1. The van der Waals surface area contributed by atoms with Crippen LogP contribution < -0.4 is 11.2 Å². The van der Waals surface area contributed by atoms with E-state index in [2.05, 4.69) is 4.98 Å². The maximum atomic E-state index is 11.3. The van der Waals surface area contributed by atoms with Crippen molar-refractivity contribution in [2.75, 3.05) is 0 Å². The van der Waals surface area contributed by atoms with Crippen molar-refractivity contribution in [2.45, 2.75) is 25.3 Å². The lowest BCUT2D eigenvalue weighted by Crippen LogP contribution is -2.34. The van der Waals surface area contributed by atoms with E-state index in [0.29, 0.717) is 0 Å². The van der Waals surface area contributed by atoms with Crippen LogP contribution in [0.3, 0.4) is 0 Å². The fraction of sp³-hybridized carbons (Fsp3) is 0.500. The van der Waals surface area contributed by atoms with Gasteiger partial charge in [0.05, 0.1) is 6.07 Å². The summed E-state index contributed by atoms with van der Waals surface area (Å²) in [6, 6.07) is 1.02. The predicted molar refractivity (Wildman–Crippen MR) is 45.9 cm³/mol. The fourth-order valence-electron chi connectivity index (χ4n) is 1.41. The van der Waals surface area contributed by atoms with Gasteiger partial charge in [-0.25, -0.2) is 4.79 Å². The van der Waals surface area contributed by atoms with Crippen LogP contribution >= 0.6 is 0 Å². The van der Waals surface area contributed by atoms with Crippen LogP contribution in [0.1, 0.15) is 19.8 Å². The van der Waals surface area contributed by atoms with Crippen molar-refractivity contribution in [2.24, 2.45) is 0 Å². The van der Waals surface area contributed by atoms with Gasteiger partial charge in [0.15, 0.2) is 0 Å². The molecule has 0 bridgehead atoms. The maximum absolute atomic E-state index is 11.3. The molecule has 1 aliphatic rings. The van der Waals surface area contributed by atoms with Gasteiger partial charge in [0.2, 0.25) is 5.88 Å². The summed E-state index contributed by atoms with van der Waals surface area (Å²) in [7, 11) is 0. The Kier molecular flexibility index (Phi) is 1.40. The zero-order chi connectivity index (χ0) is 9.64. The van der Waals surface area contributed by atoms with Crippen molar-refractivity contribution in [3.8, 4) is 5.88 Å². The summed E-state index contributed by atoms with van der Waals surface area (Å²) in [5.74, 6) is -0.256. The predicted octanol–water partition coefficient (Wildman–Crippen LogP) is -0.249. The van der Waals surface area contributed by atoms with E-state index in [9.17, 15) is 14.7 Å². The van der Waals surface area contributed by atoms with Crippen molar-refractivity contribution >= 4 is 0 Å². The molecule has 1 aromatic rings. The van der Waals surface area contributed by atoms with Gasteiger partial charge in [-0.15, -0.1) is 0 Å². The van der Waals surface area contributed by atoms with E-state index in [0.717, 1.165) is 18.9 Å². The number of nitrogens with zero attached hydrogens (tertiary/aromatic N) is 1. The molecule has 0 radical (unpaired) electrons. The Morgan fingerprint density at radius 3 is 2.62 bits per heavy atom. The van der Waals surface area contributed by atoms with Gasteiger partial charge in [0, 0.05) is 5.54 Å². The minimum atomic E-state index is -0.567. The molecule has 70 valence electrons. The topological polar surface area (TPSA) is 75.1 Å². The van der Waals surface area contributed by atoms with E-state index in [4.69, 9.17) is 0 Å². The van der Waals surface area contributed by atoms with Gasteiger partial charge in [-0.3, -0.25) is 14.3 Å². The number of aromatic nitrogens is 2. The van der Waals surface area contributed by atoms with Crippen LogP contribution in [0.4, 0.5) is 0 Å². The Morgan fingerprint density at radius 1 is 1.54 bits per heavy atom. The summed E-state index contributed by atoms with van der Waals surface area (Å²) in [6.07, 6.45) is 1.71. The molecule has 0 aliphatic heterocycles. The molecule has 5 heteroatoms. The molecule has 13 heavy (non-hydrogen) atoms. The molecule has 0 atom stereocenters. The largest absolute Gasteiger partial charge is 0.494 e. The maximum Gasteiger partial charge on any atom is 0.331 e. The highest BCUT2D eigenvalue weighted by atomic mass is 16.3. The first-order valence-electron chi connectivity index (χ1n) is 4.09. The highest BCUT2D eigenvalue weighted by molar-refractivity contribution is 5.13. The zero-order valence-corrected chi connectivity index (χ0v) is 7.20. The van der Waals surface area contributed by atoms with E-state index in [1.807, 2.05) is 6.92 Å². The summed E-state index contributed by atoms with van der Waals surface area (Å²) < 4.78 is 1.23. The van der Waals surface area contributed by atoms with Crippen LogP contribution in [0.25, 0.3) is 0 Å². The number of rotatable bonds is 1. The van der Waals surface area contributed by atoms with Crippen LogP contribution in [0.2, 0.25) is 0 Å². The van der Waals surface area contributed by atoms with Crippen molar-refractivity contribution in [1.29, 1.82) is 0 Å². The van der Waals surface area contributed by atoms with Crippen LogP contribution in [0, 0.1) is 0 Å². The lowest BCUT2D eigenvalue weighted by molar-refractivity contribution is 0.361. The van der Waals surface area contributed by atoms with Gasteiger partial charge < -0.3 is 5.11 Å². The fourth-order valence-corrected chi connectivity index (χ4v) is 1.41. The minimum absolute atomic E-state index is 0.256. The third-order valence-electron chi connectivity index (χ3n) is 2.44. The Labute approximate surface area is 73.7 Å². The van der Waals surface area contributed by atoms with Crippen LogP contribution in [0.5, 0.6) is 5.88 Å². The Balaban J connectivity index is 2.71. The molecule has 0 unspecified atom stereocenters. The Morgan fingerprint density at radius 2 is 2.15 bits per heavy atom. The van der Waals surface area contributed by atoms with E-state index in [1.54, 1.807) is 0 Å². The zero-order valence-electron chi connectivity index (χ0n) is 7.20. The third-order valence-corrected chi connectivity index (χ3v) is 2.44. The third kappa shape index (κ3) is 1.16. The molecule has 0 amide bonds. The standard InChI is InChI=1S/C8H10N2O3/c1-8(2-3-8)10-6(12)4-5(11)9-7(10)13/h4,12H,2-3H2,1H3,(H,9,11,13). The number of aromatic amines is 1. The summed E-state index contributed by atoms with van der Waals surface area (Å²) in [4.78, 5) is 24.2. The lowest BCUT2D eigenvalue weighted by atomic mass is 10.3. The highest BCUT2D eigenvalue weighted by Crippen LogP contribution is 2.43. The summed E-state index contributed by atoms with van der Waals surface area (Å²) in [5, 5.41) is 9.39. The van der Waals surface area contributed by atoms with E-state index in [1.165, 1.54) is 4.57 Å². The molecule has 1 fully saturated rings. The van der Waals surface area contributed by atoms with E-state index >= 15 is 0 Å². The second-order valence-electron chi connectivity index (χ2n) is 3.63. The summed E-state index contributed by atoms with van der Waals surface area (Å²) in [6.45, 7) is 1.87. The van der Waals surface area contributed by atoms with Crippen molar-refractivity contribution in [3.63, 3.8) is 0 Å². The van der Waals surface area contributed by atoms with Crippen molar-refractivity contribution < 1.29 is 5.11 Å². The monoisotopic (exact) mass is 182 g/mol.